The zero-order chi connectivity index (χ0) is 17.2. The Labute approximate surface area is 147 Å². The molecular formula is C17H13N3O4S. The fourth-order valence-corrected chi connectivity index (χ4v) is 3.69. The lowest BCUT2D eigenvalue weighted by atomic mass is 10.1. The second-order valence-electron chi connectivity index (χ2n) is 5.45. The Bertz CT molecular complexity index is 959. The first kappa shape index (κ1) is 15.8. The third kappa shape index (κ3) is 3.13. The van der Waals surface area contributed by atoms with Gasteiger partial charge in [-0.2, -0.15) is 0 Å². The van der Waals surface area contributed by atoms with Crippen LogP contribution in [0.15, 0.2) is 47.8 Å². The zero-order valence-electron chi connectivity index (χ0n) is 13.0. The second-order valence-corrected chi connectivity index (χ2v) is 6.41. The molecule has 0 radical (unpaired) electrons. The van der Waals surface area contributed by atoms with Gasteiger partial charge in [0, 0.05) is 34.4 Å². The molecule has 1 aliphatic heterocycles. The van der Waals surface area contributed by atoms with Crippen LogP contribution in [0, 0.1) is 10.1 Å². The molecule has 3 aromatic rings. The average molecular weight is 355 g/mol. The second kappa shape index (κ2) is 6.66. The van der Waals surface area contributed by atoms with Crippen LogP contribution in [0.25, 0.3) is 10.9 Å². The van der Waals surface area contributed by atoms with Crippen molar-refractivity contribution in [3.63, 3.8) is 0 Å². The summed E-state index contributed by atoms with van der Waals surface area (Å²) in [5.41, 5.74) is 2.37. The van der Waals surface area contributed by atoms with E-state index in [0.717, 1.165) is 21.5 Å². The van der Waals surface area contributed by atoms with Crippen LogP contribution in [0.1, 0.15) is 11.1 Å². The number of para-hydroxylation sites is 1. The van der Waals surface area contributed by atoms with Crippen molar-refractivity contribution in [1.82, 2.24) is 9.97 Å². The molecule has 0 N–H and O–H groups in total. The maximum absolute atomic E-state index is 11.2. The Kier molecular flexibility index (Phi) is 4.21. The fraction of sp³-hybridized carbons (Fsp3) is 0.176. The number of nitro groups is 1. The normalized spacial score (nSPS) is 13.3. The third-order valence-electron chi connectivity index (χ3n) is 3.85. The van der Waals surface area contributed by atoms with E-state index in [1.165, 1.54) is 24.2 Å². The molecule has 0 amide bonds. The number of hydrogen-bond donors (Lipinski definition) is 0. The van der Waals surface area contributed by atoms with Gasteiger partial charge in [-0.15, -0.1) is 11.8 Å². The molecule has 0 unspecified atom stereocenters. The number of ether oxygens (including phenoxy) is 2. The molecule has 0 spiro atoms. The molecule has 25 heavy (non-hydrogen) atoms. The van der Waals surface area contributed by atoms with E-state index < -0.39 is 4.92 Å². The van der Waals surface area contributed by atoms with Crippen LogP contribution in [0.4, 0.5) is 5.69 Å². The van der Waals surface area contributed by atoms with Crippen molar-refractivity contribution < 1.29 is 14.4 Å². The highest BCUT2D eigenvalue weighted by molar-refractivity contribution is 7.98. The van der Waals surface area contributed by atoms with E-state index >= 15 is 0 Å². The molecule has 0 saturated heterocycles. The summed E-state index contributed by atoms with van der Waals surface area (Å²) in [6, 6.07) is 10.8. The molecular weight excluding hydrogens is 342 g/mol. The minimum atomic E-state index is -0.400. The first-order valence-electron chi connectivity index (χ1n) is 7.55. The molecule has 0 atom stereocenters. The number of thioether (sulfide) groups is 1. The van der Waals surface area contributed by atoms with Crippen molar-refractivity contribution in [2.75, 3.05) is 6.79 Å². The maximum Gasteiger partial charge on any atom is 0.270 e. The van der Waals surface area contributed by atoms with E-state index in [4.69, 9.17) is 9.47 Å². The lowest BCUT2D eigenvalue weighted by Gasteiger charge is -2.20. The summed E-state index contributed by atoms with van der Waals surface area (Å²) in [5.74, 6) is 1.17. The van der Waals surface area contributed by atoms with Crippen molar-refractivity contribution in [1.29, 1.82) is 0 Å². The molecule has 0 saturated carbocycles. The van der Waals surface area contributed by atoms with Gasteiger partial charge in [0.2, 0.25) is 0 Å². The minimum Gasteiger partial charge on any atom is -0.467 e. The Morgan fingerprint density at radius 3 is 3.00 bits per heavy atom. The Balaban J connectivity index is 1.68. The molecule has 7 nitrogen and oxygen atoms in total. The lowest BCUT2D eigenvalue weighted by Crippen LogP contribution is -2.13. The summed E-state index contributed by atoms with van der Waals surface area (Å²) >= 11 is 1.50. The fourth-order valence-electron chi connectivity index (χ4n) is 2.73. The van der Waals surface area contributed by atoms with Gasteiger partial charge in [0.05, 0.1) is 17.0 Å². The van der Waals surface area contributed by atoms with Gasteiger partial charge in [-0.1, -0.05) is 18.2 Å². The largest absolute Gasteiger partial charge is 0.467 e. The van der Waals surface area contributed by atoms with Gasteiger partial charge in [-0.25, -0.2) is 9.97 Å². The van der Waals surface area contributed by atoms with Gasteiger partial charge in [0.15, 0.2) is 6.79 Å². The molecule has 1 aliphatic rings. The van der Waals surface area contributed by atoms with Gasteiger partial charge in [-0.05, 0) is 6.07 Å². The van der Waals surface area contributed by atoms with Gasteiger partial charge >= 0.3 is 0 Å². The molecule has 4 rings (SSSR count). The van der Waals surface area contributed by atoms with E-state index in [1.54, 1.807) is 6.07 Å². The summed E-state index contributed by atoms with van der Waals surface area (Å²) in [5, 5.41) is 13.0. The number of nitro benzene ring substituents is 1. The summed E-state index contributed by atoms with van der Waals surface area (Å²) in [7, 11) is 0. The van der Waals surface area contributed by atoms with Gasteiger partial charge in [0.25, 0.3) is 5.69 Å². The number of hydrogen-bond acceptors (Lipinski definition) is 7. The van der Waals surface area contributed by atoms with E-state index in [9.17, 15) is 10.1 Å². The van der Waals surface area contributed by atoms with Gasteiger partial charge < -0.3 is 9.47 Å². The zero-order valence-corrected chi connectivity index (χ0v) is 13.9. The highest BCUT2D eigenvalue weighted by Gasteiger charge is 2.21. The van der Waals surface area contributed by atoms with Gasteiger partial charge in [0.1, 0.15) is 17.1 Å². The van der Waals surface area contributed by atoms with Crippen LogP contribution < -0.4 is 4.74 Å². The standard InChI is InChI=1S/C17H13N3O4S/c21-20(22)13-5-11-7-23-10-24-16(11)12(6-13)8-25-17-14-3-1-2-4-15(14)18-9-19-17/h1-6,9H,7-8,10H2. The van der Waals surface area contributed by atoms with E-state index in [1.807, 2.05) is 24.3 Å². The number of benzene rings is 2. The first-order valence-corrected chi connectivity index (χ1v) is 8.54. The predicted molar refractivity (Wildman–Crippen MR) is 92.5 cm³/mol. The summed E-state index contributed by atoms with van der Waals surface area (Å²) in [6.07, 6.45) is 1.53. The molecule has 1 aromatic heterocycles. The molecule has 0 bridgehead atoms. The van der Waals surface area contributed by atoms with Crippen LogP contribution in [0.5, 0.6) is 5.75 Å². The molecule has 126 valence electrons. The van der Waals surface area contributed by atoms with Crippen LogP contribution in [-0.2, 0) is 17.1 Å². The lowest BCUT2D eigenvalue weighted by molar-refractivity contribution is -0.385. The Morgan fingerprint density at radius 2 is 2.12 bits per heavy atom. The molecule has 2 aromatic carbocycles. The van der Waals surface area contributed by atoms with Crippen molar-refractivity contribution in [3.05, 3.63) is 64.0 Å². The molecule has 0 fully saturated rings. The number of rotatable bonds is 4. The van der Waals surface area contributed by atoms with Gasteiger partial charge in [-0.3, -0.25) is 10.1 Å². The van der Waals surface area contributed by atoms with Crippen LogP contribution >= 0.6 is 11.8 Å². The number of non-ortho nitro benzene ring substituents is 1. The Morgan fingerprint density at radius 1 is 1.24 bits per heavy atom. The minimum absolute atomic E-state index is 0.0380. The molecule has 2 heterocycles. The predicted octanol–water partition coefficient (Wildman–Crippen LogP) is 3.70. The van der Waals surface area contributed by atoms with E-state index in [-0.39, 0.29) is 12.5 Å². The highest BCUT2D eigenvalue weighted by Crippen LogP contribution is 2.36. The van der Waals surface area contributed by atoms with E-state index in [2.05, 4.69) is 9.97 Å². The monoisotopic (exact) mass is 355 g/mol. The number of aromatic nitrogens is 2. The Hall–Kier alpha value is -2.71. The van der Waals surface area contributed by atoms with Crippen molar-refractivity contribution >= 4 is 28.4 Å². The quantitative estimate of drug-likeness (QED) is 0.305. The third-order valence-corrected chi connectivity index (χ3v) is 4.91. The number of fused-ring (bicyclic) bond motifs is 2. The van der Waals surface area contributed by atoms with Crippen molar-refractivity contribution in [3.8, 4) is 5.75 Å². The highest BCUT2D eigenvalue weighted by atomic mass is 32.2. The molecule has 8 heteroatoms. The number of nitrogens with zero attached hydrogens (tertiary/aromatic N) is 3. The smallest absolute Gasteiger partial charge is 0.270 e. The maximum atomic E-state index is 11.2. The SMILES string of the molecule is O=[N+]([O-])c1cc2c(c(CSc3ncnc4ccccc34)c1)OCOC2. The van der Waals surface area contributed by atoms with Crippen LogP contribution in [0.2, 0.25) is 0 Å². The van der Waals surface area contributed by atoms with Crippen LogP contribution in [0.3, 0.4) is 0 Å². The topological polar surface area (TPSA) is 87.4 Å². The summed E-state index contributed by atoms with van der Waals surface area (Å²) in [4.78, 5) is 19.4. The van der Waals surface area contributed by atoms with Crippen molar-refractivity contribution in [2.45, 2.75) is 17.4 Å². The first-order chi connectivity index (χ1) is 12.2. The average Bonchev–Trinajstić information content (AvgIpc) is 2.65. The van der Waals surface area contributed by atoms with Crippen molar-refractivity contribution in [2.24, 2.45) is 0 Å². The summed E-state index contributed by atoms with van der Waals surface area (Å²) < 4.78 is 10.8. The van der Waals surface area contributed by atoms with E-state index in [0.29, 0.717) is 23.7 Å². The van der Waals surface area contributed by atoms with Crippen LogP contribution in [-0.4, -0.2) is 21.7 Å². The summed E-state index contributed by atoms with van der Waals surface area (Å²) in [6.45, 7) is 0.462. The molecule has 0 aliphatic carbocycles.